The van der Waals surface area contributed by atoms with E-state index in [0.717, 1.165) is 15.5 Å². The number of nitrogens with one attached hydrogen (secondary N) is 1. The van der Waals surface area contributed by atoms with Crippen LogP contribution in [-0.4, -0.2) is 33.4 Å². The summed E-state index contributed by atoms with van der Waals surface area (Å²) in [7, 11) is -3.64. The van der Waals surface area contributed by atoms with Gasteiger partial charge in [-0.1, -0.05) is 29.3 Å². The maximum atomic E-state index is 12.3. The van der Waals surface area contributed by atoms with Crippen molar-refractivity contribution in [2.75, 3.05) is 28.7 Å². The highest BCUT2D eigenvalue weighted by atomic mass is 35.5. The summed E-state index contributed by atoms with van der Waals surface area (Å²) in [5.41, 5.74) is 0.822. The zero-order chi connectivity index (χ0) is 18.6. The maximum Gasteiger partial charge on any atom is 0.245 e. The Kier molecular flexibility index (Phi) is 6.62. The van der Waals surface area contributed by atoms with Crippen LogP contribution >= 0.6 is 35.0 Å². The Morgan fingerprint density at radius 3 is 2.36 bits per heavy atom. The molecule has 0 fully saturated rings. The molecule has 0 aliphatic rings. The zero-order valence-corrected chi connectivity index (χ0v) is 16.6. The lowest BCUT2D eigenvalue weighted by Crippen LogP contribution is -2.37. The molecule has 0 aromatic heterocycles. The van der Waals surface area contributed by atoms with Crippen molar-refractivity contribution in [1.29, 1.82) is 0 Å². The Morgan fingerprint density at radius 1 is 1.16 bits per heavy atom. The van der Waals surface area contributed by atoms with E-state index < -0.39 is 15.9 Å². The average Bonchev–Trinajstić information content (AvgIpc) is 2.50. The number of amides is 1. The fourth-order valence-corrected chi connectivity index (χ4v) is 3.95. The van der Waals surface area contributed by atoms with Crippen LogP contribution in [-0.2, 0) is 14.8 Å². The number of benzene rings is 2. The third kappa shape index (κ3) is 5.81. The predicted molar refractivity (Wildman–Crippen MR) is 106 cm³/mol. The van der Waals surface area contributed by atoms with Crippen molar-refractivity contribution in [1.82, 2.24) is 0 Å². The van der Waals surface area contributed by atoms with Gasteiger partial charge in [-0.15, -0.1) is 11.8 Å². The second-order valence-electron chi connectivity index (χ2n) is 5.18. The van der Waals surface area contributed by atoms with Crippen LogP contribution < -0.4 is 9.62 Å². The first-order valence-corrected chi connectivity index (χ1v) is 10.9. The molecule has 0 saturated heterocycles. The summed E-state index contributed by atoms with van der Waals surface area (Å²) in [6.45, 7) is -0.360. The topological polar surface area (TPSA) is 66.5 Å². The highest BCUT2D eigenvalue weighted by Crippen LogP contribution is 2.25. The van der Waals surface area contributed by atoms with E-state index in [1.807, 2.05) is 12.3 Å². The molecule has 2 aromatic carbocycles. The van der Waals surface area contributed by atoms with E-state index in [1.54, 1.807) is 18.2 Å². The predicted octanol–water partition coefficient (Wildman–Crippen LogP) is 4.12. The number of hydrogen-bond donors (Lipinski definition) is 1. The van der Waals surface area contributed by atoms with E-state index >= 15 is 0 Å². The van der Waals surface area contributed by atoms with Gasteiger partial charge >= 0.3 is 0 Å². The number of anilines is 2. The highest BCUT2D eigenvalue weighted by Gasteiger charge is 2.21. The van der Waals surface area contributed by atoms with Gasteiger partial charge in [0.1, 0.15) is 6.54 Å². The van der Waals surface area contributed by atoms with Gasteiger partial charge in [-0.2, -0.15) is 0 Å². The highest BCUT2D eigenvalue weighted by molar-refractivity contribution is 7.98. The second-order valence-corrected chi connectivity index (χ2v) is 8.84. The Bertz CT molecular complexity index is 868. The number of sulfonamides is 1. The molecular weight excluding hydrogens is 403 g/mol. The van der Waals surface area contributed by atoms with Gasteiger partial charge in [0.05, 0.1) is 11.9 Å². The van der Waals surface area contributed by atoms with Gasteiger partial charge in [0.25, 0.3) is 0 Å². The van der Waals surface area contributed by atoms with Crippen molar-refractivity contribution in [3.8, 4) is 0 Å². The van der Waals surface area contributed by atoms with Crippen molar-refractivity contribution in [2.24, 2.45) is 0 Å². The Labute approximate surface area is 161 Å². The monoisotopic (exact) mass is 418 g/mol. The largest absolute Gasteiger partial charge is 0.324 e. The first-order chi connectivity index (χ1) is 11.7. The van der Waals surface area contributed by atoms with Crippen LogP contribution in [0.1, 0.15) is 0 Å². The number of halogens is 2. The first kappa shape index (κ1) is 19.9. The summed E-state index contributed by atoms with van der Waals surface area (Å²) in [6, 6.07) is 11.6. The van der Waals surface area contributed by atoms with Gasteiger partial charge in [-0.05, 0) is 42.7 Å². The molecular formula is C16H16Cl2N2O3S2. The summed E-state index contributed by atoms with van der Waals surface area (Å²) in [4.78, 5) is 13.2. The molecule has 134 valence electrons. The SMILES string of the molecule is CSc1cccc(N(CC(=O)Nc2cc(Cl)cc(Cl)c2)S(C)(=O)=O)c1. The summed E-state index contributed by atoms with van der Waals surface area (Å²) >= 11 is 13.3. The lowest BCUT2D eigenvalue weighted by atomic mass is 10.3. The van der Waals surface area contributed by atoms with Gasteiger partial charge in [0.15, 0.2) is 0 Å². The summed E-state index contributed by atoms with van der Waals surface area (Å²) < 4.78 is 25.3. The fourth-order valence-electron chi connectivity index (χ4n) is 2.12. The van der Waals surface area contributed by atoms with Crippen molar-refractivity contribution in [3.63, 3.8) is 0 Å². The van der Waals surface area contributed by atoms with Crippen LogP contribution in [0.5, 0.6) is 0 Å². The molecule has 1 N–H and O–H groups in total. The number of carbonyl (C=O) groups excluding carboxylic acids is 1. The molecule has 9 heteroatoms. The van der Waals surface area contributed by atoms with Crippen molar-refractivity contribution in [2.45, 2.75) is 4.90 Å². The fraction of sp³-hybridized carbons (Fsp3) is 0.188. The molecule has 0 saturated carbocycles. The molecule has 0 radical (unpaired) electrons. The molecule has 0 bridgehead atoms. The molecule has 0 spiro atoms. The Morgan fingerprint density at radius 2 is 1.80 bits per heavy atom. The molecule has 5 nitrogen and oxygen atoms in total. The van der Waals surface area contributed by atoms with Crippen LogP contribution in [0.2, 0.25) is 10.0 Å². The van der Waals surface area contributed by atoms with E-state index in [9.17, 15) is 13.2 Å². The van der Waals surface area contributed by atoms with Gasteiger partial charge in [-0.3, -0.25) is 9.10 Å². The van der Waals surface area contributed by atoms with Crippen molar-refractivity contribution < 1.29 is 13.2 Å². The molecule has 0 heterocycles. The van der Waals surface area contributed by atoms with Gasteiger partial charge in [0.2, 0.25) is 15.9 Å². The van der Waals surface area contributed by atoms with E-state index in [-0.39, 0.29) is 6.54 Å². The molecule has 0 atom stereocenters. The minimum Gasteiger partial charge on any atom is -0.324 e. The smallest absolute Gasteiger partial charge is 0.245 e. The third-order valence-electron chi connectivity index (χ3n) is 3.18. The number of hydrogen-bond acceptors (Lipinski definition) is 4. The quantitative estimate of drug-likeness (QED) is 0.716. The van der Waals surface area contributed by atoms with E-state index in [2.05, 4.69) is 5.32 Å². The second kappa shape index (κ2) is 8.31. The van der Waals surface area contributed by atoms with Crippen LogP contribution in [0.15, 0.2) is 47.4 Å². The van der Waals surface area contributed by atoms with Crippen molar-refractivity contribution >= 4 is 62.3 Å². The molecule has 2 aromatic rings. The van der Waals surface area contributed by atoms with Crippen LogP contribution in [0, 0.1) is 0 Å². The lowest BCUT2D eigenvalue weighted by Gasteiger charge is -2.22. The van der Waals surface area contributed by atoms with E-state index in [1.165, 1.54) is 30.0 Å². The van der Waals surface area contributed by atoms with Crippen molar-refractivity contribution in [3.05, 3.63) is 52.5 Å². The molecule has 0 aliphatic carbocycles. The van der Waals surface area contributed by atoms with E-state index in [0.29, 0.717) is 21.4 Å². The number of nitrogens with zero attached hydrogens (tertiary/aromatic N) is 1. The summed E-state index contributed by atoms with van der Waals surface area (Å²) in [6.07, 6.45) is 2.95. The molecule has 0 aliphatic heterocycles. The van der Waals surface area contributed by atoms with Crippen LogP contribution in [0.4, 0.5) is 11.4 Å². The number of carbonyl (C=O) groups is 1. The maximum absolute atomic E-state index is 12.3. The standard InChI is InChI=1S/C16H16Cl2N2O3S2/c1-24-15-5-3-4-14(9-15)20(25(2,22)23)10-16(21)19-13-7-11(17)6-12(18)8-13/h3-9H,10H2,1-2H3,(H,19,21). The lowest BCUT2D eigenvalue weighted by molar-refractivity contribution is -0.114. The third-order valence-corrected chi connectivity index (χ3v) is 5.48. The summed E-state index contributed by atoms with van der Waals surface area (Å²) in [5.74, 6) is -0.502. The van der Waals surface area contributed by atoms with Crippen LogP contribution in [0.25, 0.3) is 0 Å². The molecule has 2 rings (SSSR count). The Hall–Kier alpha value is -1.41. The minimum atomic E-state index is -3.64. The molecule has 1 amide bonds. The van der Waals surface area contributed by atoms with Gasteiger partial charge < -0.3 is 5.32 Å². The number of rotatable bonds is 6. The van der Waals surface area contributed by atoms with Crippen LogP contribution in [0.3, 0.4) is 0 Å². The minimum absolute atomic E-state index is 0.360. The normalized spacial score (nSPS) is 11.2. The summed E-state index contributed by atoms with van der Waals surface area (Å²) in [5, 5.41) is 3.35. The number of thioether (sulfide) groups is 1. The van der Waals surface area contributed by atoms with Gasteiger partial charge in [0, 0.05) is 20.6 Å². The molecule has 25 heavy (non-hydrogen) atoms. The Balaban J connectivity index is 2.23. The van der Waals surface area contributed by atoms with E-state index in [4.69, 9.17) is 23.2 Å². The zero-order valence-electron chi connectivity index (χ0n) is 13.5. The first-order valence-electron chi connectivity index (χ1n) is 7.07. The van der Waals surface area contributed by atoms with Gasteiger partial charge in [-0.25, -0.2) is 8.42 Å². The molecule has 0 unspecified atom stereocenters. The average molecular weight is 419 g/mol.